The molecule has 27 heavy (non-hydrogen) atoms. The first-order chi connectivity index (χ1) is 12.9. The van der Waals surface area contributed by atoms with E-state index in [4.69, 9.17) is 9.47 Å². The van der Waals surface area contributed by atoms with Crippen LogP contribution in [0, 0.1) is 0 Å². The molecule has 2 aromatic carbocycles. The first kappa shape index (κ1) is 20.6. The minimum atomic E-state index is -0.150. The lowest BCUT2D eigenvalue weighted by Crippen LogP contribution is -2.36. The van der Waals surface area contributed by atoms with Crippen molar-refractivity contribution in [1.82, 2.24) is 10.2 Å². The smallest absolute Gasteiger partial charge is 0.258 e. The van der Waals surface area contributed by atoms with Crippen LogP contribution >= 0.6 is 0 Å². The Labute approximate surface area is 161 Å². The maximum Gasteiger partial charge on any atom is 0.258 e. The van der Waals surface area contributed by atoms with E-state index in [1.54, 1.807) is 31.4 Å². The molecule has 0 aliphatic carbocycles. The van der Waals surface area contributed by atoms with E-state index in [0.29, 0.717) is 12.3 Å². The van der Waals surface area contributed by atoms with Gasteiger partial charge in [0, 0.05) is 26.3 Å². The van der Waals surface area contributed by atoms with Gasteiger partial charge in [-0.2, -0.15) is 0 Å². The maximum atomic E-state index is 12.2. The summed E-state index contributed by atoms with van der Waals surface area (Å²) in [5.41, 5.74) is 2.30. The molecule has 6 nitrogen and oxygen atoms in total. The quantitative estimate of drug-likeness (QED) is 0.734. The van der Waals surface area contributed by atoms with Gasteiger partial charge in [0.25, 0.3) is 5.91 Å². The number of hydrogen-bond donors (Lipinski definition) is 1. The number of carbonyl (C=O) groups is 1. The molecule has 0 saturated carbocycles. The van der Waals surface area contributed by atoms with E-state index in [0.717, 1.165) is 17.0 Å². The highest BCUT2D eigenvalue weighted by atomic mass is 16.5. The van der Waals surface area contributed by atoms with Crippen LogP contribution in [0.15, 0.2) is 48.5 Å². The van der Waals surface area contributed by atoms with Crippen LogP contribution in [0.4, 0.5) is 5.69 Å². The van der Waals surface area contributed by atoms with Gasteiger partial charge in [-0.1, -0.05) is 12.1 Å². The van der Waals surface area contributed by atoms with Crippen molar-refractivity contribution in [3.63, 3.8) is 0 Å². The van der Waals surface area contributed by atoms with Crippen molar-refractivity contribution in [1.29, 1.82) is 0 Å². The van der Waals surface area contributed by atoms with Crippen LogP contribution in [-0.2, 0) is 4.79 Å². The molecule has 0 fully saturated rings. The summed E-state index contributed by atoms with van der Waals surface area (Å²) in [7, 11) is 9.65. The summed E-state index contributed by atoms with van der Waals surface area (Å²) in [6, 6.07) is 15.6. The minimum Gasteiger partial charge on any atom is -0.497 e. The number of methoxy groups -OCH3 is 1. The fourth-order valence-corrected chi connectivity index (χ4v) is 2.68. The van der Waals surface area contributed by atoms with Gasteiger partial charge in [-0.05, 0) is 56.1 Å². The number of hydrogen-bond acceptors (Lipinski definition) is 5. The lowest BCUT2D eigenvalue weighted by molar-refractivity contribution is -0.123. The van der Waals surface area contributed by atoms with Crippen molar-refractivity contribution >= 4 is 11.6 Å². The average Bonchev–Trinajstić information content (AvgIpc) is 2.67. The zero-order valence-electron chi connectivity index (χ0n) is 16.7. The van der Waals surface area contributed by atoms with E-state index in [2.05, 4.69) is 39.4 Å². The summed E-state index contributed by atoms with van der Waals surface area (Å²) in [6.07, 6.45) is 0. The Hall–Kier alpha value is -2.73. The SMILES string of the molecule is COc1ccc(OCC(=O)NCC(c2ccc(N(C)C)cc2)N(C)C)cc1. The molecular formula is C21H29N3O3. The molecule has 1 N–H and O–H groups in total. The second-order valence-corrected chi connectivity index (χ2v) is 6.73. The second-order valence-electron chi connectivity index (χ2n) is 6.73. The average molecular weight is 371 g/mol. The fraction of sp³-hybridized carbons (Fsp3) is 0.381. The van der Waals surface area contributed by atoms with Crippen LogP contribution in [-0.4, -0.2) is 59.3 Å². The first-order valence-electron chi connectivity index (χ1n) is 8.88. The molecule has 0 saturated heterocycles. The van der Waals surface area contributed by atoms with E-state index in [-0.39, 0.29) is 18.6 Å². The Morgan fingerprint density at radius 1 is 0.963 bits per heavy atom. The molecule has 0 aliphatic rings. The molecule has 0 radical (unpaired) electrons. The summed E-state index contributed by atoms with van der Waals surface area (Å²) in [5, 5.41) is 2.95. The predicted octanol–water partition coefficient (Wildman–Crippen LogP) is 2.56. The van der Waals surface area contributed by atoms with E-state index < -0.39 is 0 Å². The van der Waals surface area contributed by atoms with Gasteiger partial charge >= 0.3 is 0 Å². The van der Waals surface area contributed by atoms with E-state index in [1.807, 2.05) is 28.2 Å². The summed E-state index contributed by atoms with van der Waals surface area (Å²) in [6.45, 7) is 0.491. The Kier molecular flexibility index (Phi) is 7.49. The third-order valence-corrected chi connectivity index (χ3v) is 4.34. The van der Waals surface area contributed by atoms with Gasteiger partial charge in [-0.3, -0.25) is 4.79 Å². The van der Waals surface area contributed by atoms with Crippen molar-refractivity contribution in [2.75, 3.05) is 53.4 Å². The molecule has 2 aromatic rings. The topological polar surface area (TPSA) is 54.0 Å². The van der Waals surface area contributed by atoms with Crippen molar-refractivity contribution in [3.8, 4) is 11.5 Å². The van der Waals surface area contributed by atoms with E-state index in [1.165, 1.54) is 0 Å². The number of carbonyl (C=O) groups excluding carboxylic acids is 1. The van der Waals surface area contributed by atoms with Gasteiger partial charge in [-0.15, -0.1) is 0 Å². The van der Waals surface area contributed by atoms with E-state index in [9.17, 15) is 4.79 Å². The highest BCUT2D eigenvalue weighted by molar-refractivity contribution is 5.77. The Bertz CT molecular complexity index is 712. The van der Waals surface area contributed by atoms with Crippen LogP contribution in [0.5, 0.6) is 11.5 Å². The summed E-state index contributed by atoms with van der Waals surface area (Å²) in [4.78, 5) is 16.3. The van der Waals surface area contributed by atoms with Crippen molar-refractivity contribution in [3.05, 3.63) is 54.1 Å². The first-order valence-corrected chi connectivity index (χ1v) is 8.88. The highest BCUT2D eigenvalue weighted by Gasteiger charge is 2.15. The fourth-order valence-electron chi connectivity index (χ4n) is 2.68. The van der Waals surface area contributed by atoms with Crippen LogP contribution < -0.4 is 19.7 Å². The molecule has 0 heterocycles. The Morgan fingerprint density at radius 3 is 2.07 bits per heavy atom. The number of nitrogens with one attached hydrogen (secondary N) is 1. The van der Waals surface area contributed by atoms with Crippen molar-refractivity contribution < 1.29 is 14.3 Å². The van der Waals surface area contributed by atoms with Gasteiger partial charge < -0.3 is 24.6 Å². The van der Waals surface area contributed by atoms with Crippen LogP contribution in [0.3, 0.4) is 0 Å². The van der Waals surface area contributed by atoms with Gasteiger partial charge in [0.05, 0.1) is 13.2 Å². The third-order valence-electron chi connectivity index (χ3n) is 4.34. The minimum absolute atomic E-state index is 0.0218. The number of anilines is 1. The maximum absolute atomic E-state index is 12.2. The summed E-state index contributed by atoms with van der Waals surface area (Å²) < 4.78 is 10.6. The molecule has 1 amide bonds. The van der Waals surface area contributed by atoms with E-state index >= 15 is 0 Å². The normalized spacial score (nSPS) is 11.8. The number of nitrogens with zero attached hydrogens (tertiary/aromatic N) is 2. The Morgan fingerprint density at radius 2 is 1.56 bits per heavy atom. The molecule has 146 valence electrons. The molecule has 6 heteroatoms. The Balaban J connectivity index is 1.87. The largest absolute Gasteiger partial charge is 0.497 e. The zero-order chi connectivity index (χ0) is 19.8. The zero-order valence-corrected chi connectivity index (χ0v) is 16.7. The van der Waals surface area contributed by atoms with Gasteiger partial charge in [-0.25, -0.2) is 0 Å². The number of amides is 1. The molecule has 0 bridgehead atoms. The standard InChI is InChI=1S/C21H29N3O3/c1-23(2)17-8-6-16(7-9-17)20(24(3)4)14-22-21(25)15-27-19-12-10-18(26-5)11-13-19/h6-13,20H,14-15H2,1-5H3,(H,22,25). The monoisotopic (exact) mass is 371 g/mol. The molecule has 0 aromatic heterocycles. The van der Waals surface area contributed by atoms with Gasteiger partial charge in [0.1, 0.15) is 11.5 Å². The molecule has 1 unspecified atom stereocenters. The number of benzene rings is 2. The second kappa shape index (κ2) is 9.83. The van der Waals surface area contributed by atoms with Gasteiger partial charge in [0.2, 0.25) is 0 Å². The summed E-state index contributed by atoms with van der Waals surface area (Å²) in [5.74, 6) is 1.23. The molecule has 0 spiro atoms. The lowest BCUT2D eigenvalue weighted by atomic mass is 10.1. The summed E-state index contributed by atoms with van der Waals surface area (Å²) >= 11 is 0. The number of ether oxygens (including phenoxy) is 2. The van der Waals surface area contributed by atoms with Crippen LogP contribution in [0.25, 0.3) is 0 Å². The highest BCUT2D eigenvalue weighted by Crippen LogP contribution is 2.21. The van der Waals surface area contributed by atoms with Crippen molar-refractivity contribution in [2.24, 2.45) is 0 Å². The third kappa shape index (κ3) is 6.18. The molecule has 2 rings (SSSR count). The molecule has 1 atom stereocenters. The van der Waals surface area contributed by atoms with Crippen LogP contribution in [0.1, 0.15) is 11.6 Å². The molecular weight excluding hydrogens is 342 g/mol. The lowest BCUT2D eigenvalue weighted by Gasteiger charge is -2.25. The van der Waals surface area contributed by atoms with Crippen LogP contribution in [0.2, 0.25) is 0 Å². The number of likely N-dealkylation sites (N-methyl/N-ethyl adjacent to an activating group) is 1. The van der Waals surface area contributed by atoms with Crippen molar-refractivity contribution in [2.45, 2.75) is 6.04 Å². The number of rotatable bonds is 9. The van der Waals surface area contributed by atoms with Gasteiger partial charge in [0.15, 0.2) is 6.61 Å². The molecule has 0 aliphatic heterocycles. The predicted molar refractivity (Wildman–Crippen MR) is 109 cm³/mol.